The van der Waals surface area contributed by atoms with Crippen molar-refractivity contribution in [2.45, 2.75) is 13.3 Å². The molecule has 3 rings (SSSR count). The van der Waals surface area contributed by atoms with E-state index in [1.807, 2.05) is 37.3 Å². The fourth-order valence-corrected chi connectivity index (χ4v) is 3.15. The van der Waals surface area contributed by atoms with Gasteiger partial charge >= 0.3 is 0 Å². The number of rotatable bonds is 9. The lowest BCUT2D eigenvalue weighted by molar-refractivity contribution is -0.881. The fraction of sp³-hybridized carbons (Fsp3) is 0.364. The van der Waals surface area contributed by atoms with Gasteiger partial charge in [-0.1, -0.05) is 30.3 Å². The topological polar surface area (TPSA) is 81.1 Å². The maximum atomic E-state index is 12.4. The highest BCUT2D eigenvalue weighted by molar-refractivity contribution is 5.92. The van der Waals surface area contributed by atoms with Gasteiger partial charge in [0.15, 0.2) is 24.6 Å². The Kier molecular flexibility index (Phi) is 7.47. The second-order valence-corrected chi connectivity index (χ2v) is 6.95. The number of benzene rings is 2. The first-order valence-electron chi connectivity index (χ1n) is 9.97. The lowest BCUT2D eigenvalue weighted by atomic mass is 10.1. The van der Waals surface area contributed by atoms with Crippen molar-refractivity contribution in [2.75, 3.05) is 44.7 Å². The van der Waals surface area contributed by atoms with Gasteiger partial charge in [-0.05, 0) is 31.0 Å². The van der Waals surface area contributed by atoms with Crippen LogP contribution in [0.25, 0.3) is 0 Å². The van der Waals surface area contributed by atoms with Gasteiger partial charge in [0.25, 0.3) is 11.8 Å². The van der Waals surface area contributed by atoms with E-state index >= 15 is 0 Å². The minimum Gasteiger partial charge on any atom is -0.486 e. The predicted molar refractivity (Wildman–Crippen MR) is 110 cm³/mol. The van der Waals surface area contributed by atoms with Crippen molar-refractivity contribution in [2.24, 2.45) is 0 Å². The summed E-state index contributed by atoms with van der Waals surface area (Å²) in [7, 11) is 0. The van der Waals surface area contributed by atoms with Crippen LogP contribution in [0.2, 0.25) is 0 Å². The van der Waals surface area contributed by atoms with Gasteiger partial charge < -0.3 is 25.0 Å². The molecule has 0 bridgehead atoms. The van der Waals surface area contributed by atoms with Crippen LogP contribution >= 0.6 is 0 Å². The number of ether oxygens (including phenoxy) is 2. The molecule has 0 saturated carbocycles. The predicted octanol–water partition coefficient (Wildman–Crippen LogP) is 0.660. The molecule has 1 heterocycles. The number of quaternary nitrogens is 1. The van der Waals surface area contributed by atoms with E-state index in [0.29, 0.717) is 43.5 Å². The summed E-state index contributed by atoms with van der Waals surface area (Å²) in [6.45, 7) is 4.74. The highest BCUT2D eigenvalue weighted by atomic mass is 16.6. The zero-order valence-electron chi connectivity index (χ0n) is 16.7. The molecule has 0 radical (unpaired) electrons. The Morgan fingerprint density at radius 2 is 1.69 bits per heavy atom. The molecule has 7 nitrogen and oxygen atoms in total. The molecule has 3 N–H and O–H groups in total. The van der Waals surface area contributed by atoms with Crippen LogP contribution in [0.4, 0.5) is 5.69 Å². The number of likely N-dealkylation sites (N-methyl/N-ethyl adjacent to an activating group) is 1. The van der Waals surface area contributed by atoms with Crippen molar-refractivity contribution in [1.29, 1.82) is 0 Å². The van der Waals surface area contributed by atoms with Crippen LogP contribution in [0.3, 0.4) is 0 Å². The Morgan fingerprint density at radius 3 is 2.45 bits per heavy atom. The number of carbonyl (C=O) groups excluding carboxylic acids is 2. The van der Waals surface area contributed by atoms with Crippen LogP contribution in [-0.4, -0.2) is 51.2 Å². The average molecular weight is 398 g/mol. The van der Waals surface area contributed by atoms with Crippen LogP contribution < -0.4 is 25.0 Å². The number of amides is 2. The molecule has 0 aliphatic carbocycles. The summed E-state index contributed by atoms with van der Waals surface area (Å²) in [4.78, 5) is 25.5. The van der Waals surface area contributed by atoms with Crippen molar-refractivity contribution >= 4 is 17.5 Å². The Labute approximate surface area is 171 Å². The lowest BCUT2D eigenvalue weighted by Crippen LogP contribution is -3.14. The van der Waals surface area contributed by atoms with Gasteiger partial charge in [0.05, 0.1) is 6.54 Å². The second kappa shape index (κ2) is 10.5. The molecule has 0 aromatic heterocycles. The van der Waals surface area contributed by atoms with E-state index in [1.165, 1.54) is 5.56 Å². The van der Waals surface area contributed by atoms with Gasteiger partial charge in [-0.3, -0.25) is 9.59 Å². The van der Waals surface area contributed by atoms with E-state index in [1.54, 1.807) is 18.2 Å². The Hall–Kier alpha value is -3.06. The Morgan fingerprint density at radius 1 is 0.966 bits per heavy atom. The normalized spacial score (nSPS) is 13.4. The van der Waals surface area contributed by atoms with E-state index in [2.05, 4.69) is 10.6 Å². The van der Waals surface area contributed by atoms with E-state index < -0.39 is 0 Å². The average Bonchev–Trinajstić information content (AvgIpc) is 2.74. The molecule has 1 unspecified atom stereocenters. The summed E-state index contributed by atoms with van der Waals surface area (Å²) in [5.74, 6) is 1.12. The second-order valence-electron chi connectivity index (χ2n) is 6.95. The molecule has 0 fully saturated rings. The SMILES string of the molecule is CC[NH+](CC(=O)NCCc1ccccc1)CC(=O)Nc1ccc2c(c1)OCCO2. The number of anilines is 1. The molecule has 2 aromatic rings. The number of hydrogen-bond donors (Lipinski definition) is 3. The number of hydrogen-bond acceptors (Lipinski definition) is 4. The van der Waals surface area contributed by atoms with Gasteiger partial charge in [-0.2, -0.15) is 0 Å². The van der Waals surface area contributed by atoms with Crippen molar-refractivity contribution in [3.63, 3.8) is 0 Å². The van der Waals surface area contributed by atoms with Crippen LogP contribution in [0.5, 0.6) is 11.5 Å². The van der Waals surface area contributed by atoms with E-state index in [9.17, 15) is 9.59 Å². The van der Waals surface area contributed by atoms with E-state index in [4.69, 9.17) is 9.47 Å². The number of nitrogens with one attached hydrogen (secondary N) is 3. The number of carbonyl (C=O) groups is 2. The molecular formula is C22H28N3O4+. The van der Waals surface area contributed by atoms with Gasteiger partial charge in [-0.25, -0.2) is 0 Å². The van der Waals surface area contributed by atoms with Crippen LogP contribution in [0.15, 0.2) is 48.5 Å². The summed E-state index contributed by atoms with van der Waals surface area (Å²) < 4.78 is 11.0. The monoisotopic (exact) mass is 398 g/mol. The molecule has 2 aromatic carbocycles. The first kappa shape index (κ1) is 20.7. The summed E-state index contributed by atoms with van der Waals surface area (Å²) >= 11 is 0. The molecule has 29 heavy (non-hydrogen) atoms. The summed E-state index contributed by atoms with van der Waals surface area (Å²) in [6.07, 6.45) is 0.790. The van der Waals surface area contributed by atoms with Gasteiger partial charge in [0.1, 0.15) is 13.2 Å². The molecule has 7 heteroatoms. The minimum atomic E-state index is -0.143. The first-order valence-corrected chi connectivity index (χ1v) is 9.97. The van der Waals surface area contributed by atoms with Gasteiger partial charge in [0.2, 0.25) is 0 Å². The van der Waals surface area contributed by atoms with E-state index in [-0.39, 0.29) is 24.9 Å². The maximum Gasteiger partial charge on any atom is 0.279 e. The third-order valence-corrected chi connectivity index (χ3v) is 4.73. The highest BCUT2D eigenvalue weighted by Gasteiger charge is 2.18. The van der Waals surface area contributed by atoms with Gasteiger partial charge in [0, 0.05) is 18.3 Å². The third kappa shape index (κ3) is 6.50. The molecular weight excluding hydrogens is 370 g/mol. The molecule has 1 aliphatic rings. The van der Waals surface area contributed by atoms with Crippen LogP contribution in [0, 0.1) is 0 Å². The Bertz CT molecular complexity index is 826. The molecule has 1 aliphatic heterocycles. The van der Waals surface area contributed by atoms with Crippen molar-refractivity contribution in [3.8, 4) is 11.5 Å². The summed E-state index contributed by atoms with van der Waals surface area (Å²) in [5, 5.41) is 5.80. The first-order chi connectivity index (χ1) is 14.1. The zero-order chi connectivity index (χ0) is 20.5. The highest BCUT2D eigenvalue weighted by Crippen LogP contribution is 2.32. The molecule has 1 atom stereocenters. The number of fused-ring (bicyclic) bond motifs is 1. The largest absolute Gasteiger partial charge is 0.486 e. The minimum absolute atomic E-state index is 0.0510. The third-order valence-electron chi connectivity index (χ3n) is 4.73. The van der Waals surface area contributed by atoms with Gasteiger partial charge in [-0.15, -0.1) is 0 Å². The fourth-order valence-electron chi connectivity index (χ4n) is 3.15. The summed E-state index contributed by atoms with van der Waals surface area (Å²) in [5.41, 5.74) is 1.84. The standard InChI is InChI=1S/C22H27N3O4/c1-2-25(15-21(26)23-11-10-17-6-4-3-5-7-17)16-22(27)24-18-8-9-19-20(14-18)29-13-12-28-19/h3-9,14H,2,10-13,15-16H2,1H3,(H,23,26)(H,24,27)/p+1. The van der Waals surface area contributed by atoms with E-state index in [0.717, 1.165) is 11.3 Å². The van der Waals surface area contributed by atoms with Crippen molar-refractivity contribution in [3.05, 3.63) is 54.1 Å². The lowest BCUT2D eigenvalue weighted by Gasteiger charge is -2.20. The van der Waals surface area contributed by atoms with Crippen molar-refractivity contribution in [1.82, 2.24) is 5.32 Å². The maximum absolute atomic E-state index is 12.4. The molecule has 2 amide bonds. The quantitative estimate of drug-likeness (QED) is 0.580. The van der Waals surface area contributed by atoms with Crippen LogP contribution in [0.1, 0.15) is 12.5 Å². The Balaban J connectivity index is 1.42. The molecule has 154 valence electrons. The molecule has 0 spiro atoms. The molecule has 0 saturated heterocycles. The summed E-state index contributed by atoms with van der Waals surface area (Å²) in [6, 6.07) is 15.4. The van der Waals surface area contributed by atoms with Crippen molar-refractivity contribution < 1.29 is 24.0 Å². The smallest absolute Gasteiger partial charge is 0.279 e. The zero-order valence-corrected chi connectivity index (χ0v) is 16.7. The van der Waals surface area contributed by atoms with Crippen LogP contribution in [-0.2, 0) is 16.0 Å².